The summed E-state index contributed by atoms with van der Waals surface area (Å²) in [5, 5.41) is 205. The van der Waals surface area contributed by atoms with Crippen LogP contribution in [0.5, 0.6) is 0 Å². The first-order valence-electron chi connectivity index (χ1n) is 31.6. The third kappa shape index (κ3) is 13.1. The van der Waals surface area contributed by atoms with Crippen molar-refractivity contribution >= 4 is 0 Å². The van der Waals surface area contributed by atoms with Crippen molar-refractivity contribution in [2.24, 2.45) is 45.3 Å². The molecule has 9 aliphatic rings. The summed E-state index contributed by atoms with van der Waals surface area (Å²) in [7, 11) is 0. The number of aliphatic hydroxyl groups is 19. The Morgan fingerprint density at radius 3 is 1.48 bits per heavy atom. The Bertz CT molecular complexity index is 2350. The lowest BCUT2D eigenvalue weighted by atomic mass is 9.38. The van der Waals surface area contributed by atoms with Crippen LogP contribution in [-0.2, 0) is 47.4 Å². The molecule has 0 aromatic heterocycles. The molecule has 5 heterocycles. The van der Waals surface area contributed by atoms with Crippen LogP contribution in [0.3, 0.4) is 0 Å². The lowest BCUT2D eigenvalue weighted by Gasteiger charge is -2.67. The lowest BCUT2D eigenvalue weighted by Crippen LogP contribution is -2.65. The molecule has 0 aromatic rings. The normalized spacial score (nSPS) is 51.8. The maximum atomic E-state index is 12.8. The molecule has 0 bridgehead atoms. The van der Waals surface area contributed by atoms with E-state index in [4.69, 9.17) is 47.4 Å². The van der Waals surface area contributed by atoms with Crippen molar-refractivity contribution in [3.8, 4) is 0 Å². The number of fused-ring (bicyclic) bond motifs is 5. The molecular weight excluding hydrogens is 1180 g/mol. The van der Waals surface area contributed by atoms with E-state index in [9.17, 15) is 97.0 Å². The summed E-state index contributed by atoms with van der Waals surface area (Å²) in [4.78, 5) is 0. The topological polar surface area (TPSA) is 477 Å². The highest BCUT2D eigenvalue weighted by Crippen LogP contribution is 2.75. The van der Waals surface area contributed by atoms with E-state index in [1.165, 1.54) is 13.8 Å². The highest BCUT2D eigenvalue weighted by Gasteiger charge is 2.70. The molecule has 9 rings (SSSR count). The monoisotopic (exact) mass is 1290 g/mol. The molecule has 3 unspecified atom stereocenters. The van der Waals surface area contributed by atoms with Gasteiger partial charge >= 0.3 is 0 Å². The molecule has 0 spiro atoms. The highest BCUT2D eigenvalue weighted by atomic mass is 16.8. The summed E-state index contributed by atoms with van der Waals surface area (Å²) in [6.45, 7) is 12.6. The second kappa shape index (κ2) is 27.6. The molecule has 5 saturated heterocycles. The molecule has 516 valence electrons. The molecule has 89 heavy (non-hydrogen) atoms. The standard InChI is InChI=1S/C60H102O29/c1-23(9-13-35(57(4,5)79)88-54-49(78)44(73)50(89-55-48(77)42(71)38(67)29(20-63)84-55)31(86-54)22-81-52-46(75)41(70)37(66)28(19-62)83-52)24-15-16-58(6)32-12-10-25-26(60(32,8)33(64)17-59(24,58)7)11-14-34(56(25,2)3)87-53-47(76)43(72)39(68)30(85-53)21-80-51-45(74)40(69)36(65)27(18-61)82-51/h10,23-24,26-55,61-79H,9,11-22H2,1-8H3/t23-,24?,26?,27-,28-,29+,30-,31-,32?,33-,34+,35-,36-,37-,38+,39-,40+,41+,42-,43+,44-,45-,46-,47-,48+,49-,50-,51-,52-,53+,54+,55-,58+,59-,60+/m1/s1. The van der Waals surface area contributed by atoms with Gasteiger partial charge in [0.05, 0.1) is 56.9 Å². The van der Waals surface area contributed by atoms with E-state index in [-0.39, 0.29) is 40.9 Å². The van der Waals surface area contributed by atoms with Gasteiger partial charge < -0.3 is 144 Å². The fraction of sp³-hybridized carbons (Fsp3) is 0.967. The molecule has 29 heteroatoms. The van der Waals surface area contributed by atoms with Crippen LogP contribution in [0.2, 0.25) is 0 Å². The van der Waals surface area contributed by atoms with Crippen LogP contribution < -0.4 is 0 Å². The third-order valence-corrected chi connectivity index (χ3v) is 22.9. The van der Waals surface area contributed by atoms with Gasteiger partial charge in [-0.1, -0.05) is 53.2 Å². The van der Waals surface area contributed by atoms with E-state index >= 15 is 0 Å². The molecule has 29 nitrogen and oxygen atoms in total. The van der Waals surface area contributed by atoms with Gasteiger partial charge in [0.15, 0.2) is 31.5 Å². The van der Waals surface area contributed by atoms with Crippen LogP contribution in [0.15, 0.2) is 11.6 Å². The number of hydrogen-bond acceptors (Lipinski definition) is 29. The highest BCUT2D eigenvalue weighted by molar-refractivity contribution is 5.32. The molecule has 8 fully saturated rings. The van der Waals surface area contributed by atoms with Crippen molar-refractivity contribution in [1.29, 1.82) is 0 Å². The second-order valence-corrected chi connectivity index (χ2v) is 28.7. The number of allylic oxidation sites excluding steroid dienone is 1. The minimum Gasteiger partial charge on any atom is -0.394 e. The average molecular weight is 1290 g/mol. The zero-order chi connectivity index (χ0) is 65.5. The van der Waals surface area contributed by atoms with Gasteiger partial charge in [0.25, 0.3) is 0 Å². The lowest BCUT2D eigenvalue weighted by molar-refractivity contribution is -0.373. The molecule has 4 aliphatic carbocycles. The van der Waals surface area contributed by atoms with Crippen LogP contribution >= 0.6 is 0 Å². The van der Waals surface area contributed by atoms with E-state index in [1.54, 1.807) is 0 Å². The Labute approximate surface area is 517 Å². The smallest absolute Gasteiger partial charge is 0.187 e. The van der Waals surface area contributed by atoms with Crippen LogP contribution in [0.1, 0.15) is 107 Å². The minimum absolute atomic E-state index is 0.0114. The van der Waals surface area contributed by atoms with Gasteiger partial charge in [0.1, 0.15) is 122 Å². The minimum atomic E-state index is -1.96. The van der Waals surface area contributed by atoms with Gasteiger partial charge in [-0.15, -0.1) is 0 Å². The van der Waals surface area contributed by atoms with Crippen molar-refractivity contribution in [3.05, 3.63) is 11.6 Å². The van der Waals surface area contributed by atoms with Gasteiger partial charge in [-0.25, -0.2) is 0 Å². The predicted molar refractivity (Wildman–Crippen MR) is 300 cm³/mol. The van der Waals surface area contributed by atoms with Crippen LogP contribution in [-0.4, -0.2) is 308 Å². The van der Waals surface area contributed by atoms with E-state index in [2.05, 4.69) is 33.8 Å². The summed E-state index contributed by atoms with van der Waals surface area (Å²) >= 11 is 0. The van der Waals surface area contributed by atoms with Gasteiger partial charge in [0, 0.05) is 10.8 Å². The fourth-order valence-corrected chi connectivity index (χ4v) is 17.0. The average Bonchev–Trinajstić information content (AvgIpc) is 1.67. The van der Waals surface area contributed by atoms with Crippen LogP contribution in [0, 0.1) is 45.3 Å². The Kier molecular flexibility index (Phi) is 22.3. The molecule has 0 radical (unpaired) electrons. The van der Waals surface area contributed by atoms with Gasteiger partial charge in [0.2, 0.25) is 0 Å². The summed E-state index contributed by atoms with van der Waals surface area (Å²) < 4.78 is 59.2. The van der Waals surface area contributed by atoms with E-state index < -0.39 is 221 Å². The fourth-order valence-electron chi connectivity index (χ4n) is 17.0. The quantitative estimate of drug-likeness (QED) is 0.0506. The number of ether oxygens (including phenoxy) is 10. The van der Waals surface area contributed by atoms with Crippen LogP contribution in [0.25, 0.3) is 0 Å². The maximum Gasteiger partial charge on any atom is 0.187 e. The second-order valence-electron chi connectivity index (χ2n) is 28.7. The molecule has 0 aromatic carbocycles. The van der Waals surface area contributed by atoms with E-state index in [1.807, 2.05) is 13.8 Å². The van der Waals surface area contributed by atoms with Crippen molar-refractivity contribution in [1.82, 2.24) is 0 Å². The Balaban J connectivity index is 0.865. The van der Waals surface area contributed by atoms with Gasteiger partial charge in [-0.2, -0.15) is 0 Å². The van der Waals surface area contributed by atoms with Gasteiger partial charge in [-0.3, -0.25) is 0 Å². The summed E-state index contributed by atoms with van der Waals surface area (Å²) in [5.74, 6) is 0.0532. The summed E-state index contributed by atoms with van der Waals surface area (Å²) in [5.41, 5.74) is -2.38. The largest absolute Gasteiger partial charge is 0.394 e. The number of aliphatic hydroxyl groups excluding tert-OH is 18. The zero-order valence-electron chi connectivity index (χ0n) is 51.8. The van der Waals surface area contributed by atoms with Crippen molar-refractivity contribution < 1.29 is 144 Å². The number of hydrogen-bond donors (Lipinski definition) is 19. The Hall–Kier alpha value is -1.42. The zero-order valence-corrected chi connectivity index (χ0v) is 51.8. The third-order valence-electron chi connectivity index (χ3n) is 22.9. The summed E-state index contributed by atoms with van der Waals surface area (Å²) in [6.07, 6.45) is -37.3. The van der Waals surface area contributed by atoms with Crippen LogP contribution in [0.4, 0.5) is 0 Å². The van der Waals surface area contributed by atoms with Crippen molar-refractivity contribution in [2.75, 3.05) is 33.0 Å². The van der Waals surface area contributed by atoms with Crippen molar-refractivity contribution in [2.45, 2.75) is 284 Å². The first-order chi connectivity index (χ1) is 41.6. The molecule has 5 aliphatic heterocycles. The van der Waals surface area contributed by atoms with Crippen molar-refractivity contribution in [3.63, 3.8) is 0 Å². The molecule has 19 N–H and O–H groups in total. The molecule has 35 atom stereocenters. The molecule has 3 saturated carbocycles. The predicted octanol–water partition coefficient (Wildman–Crippen LogP) is -5.41. The summed E-state index contributed by atoms with van der Waals surface area (Å²) in [6, 6.07) is 0. The Morgan fingerprint density at radius 2 is 0.966 bits per heavy atom. The van der Waals surface area contributed by atoms with Gasteiger partial charge in [-0.05, 0) is 99.7 Å². The first kappa shape index (κ1) is 71.9. The van der Waals surface area contributed by atoms with E-state index in [0.717, 1.165) is 18.4 Å². The van der Waals surface area contributed by atoms with E-state index in [0.29, 0.717) is 32.1 Å². The maximum absolute atomic E-state index is 12.8. The molecule has 0 amide bonds. The number of rotatable bonds is 20. The molecular formula is C60H102O29. The first-order valence-corrected chi connectivity index (χ1v) is 31.6. The SMILES string of the molecule is C[C@H](CC[C@@H](O[C@@H]1O[C@H](CO[C@@H]2O[C@H](CO)[C@@H](O)[C@H](O)[C@H]2O)[C@@H](O[C@H]2O[C@@H](CO)[C@H](O)[C@@H](O)[C@@H]2O)[C@H](O)[C@H]1O)C(C)(C)O)C1CC[C@@]2(C)C3CC=C4C(CC[C@H](O[C@@H]5O[C@H](CO[C@@H]6O[C@H](CO)[C@@H](O)[C@H](O)[C@H]6O)[C@@H](O)[C@H](O)[C@H]5O)C4(C)C)[C@]3(C)[C@H](O)C[C@]12C. The Morgan fingerprint density at radius 1 is 0.517 bits per heavy atom.